The van der Waals surface area contributed by atoms with E-state index in [9.17, 15) is 4.79 Å². The molecule has 0 fully saturated rings. The first-order chi connectivity index (χ1) is 6.61. The number of aryl methyl sites for hydroxylation is 1. The molecule has 0 spiro atoms. The van der Waals surface area contributed by atoms with Gasteiger partial charge in [0.25, 0.3) is 0 Å². The average molecular weight is 196 g/mol. The Kier molecular flexibility index (Phi) is 3.68. The molecule has 0 saturated carbocycles. The summed E-state index contributed by atoms with van der Waals surface area (Å²) in [5.41, 5.74) is 0. The molecule has 0 radical (unpaired) electrons. The van der Waals surface area contributed by atoms with E-state index in [1.807, 2.05) is 10.8 Å². The van der Waals surface area contributed by atoms with Gasteiger partial charge < -0.3 is 9.67 Å². The largest absolute Gasteiger partial charge is 0.481 e. The van der Waals surface area contributed by atoms with Gasteiger partial charge in [-0.3, -0.25) is 4.79 Å². The summed E-state index contributed by atoms with van der Waals surface area (Å²) in [5.74, 6) is 0.668. The number of aliphatic carboxylic acids is 1. The summed E-state index contributed by atoms with van der Waals surface area (Å²) < 4.78 is 2.02. The molecule has 4 heteroatoms. The van der Waals surface area contributed by atoms with Crippen molar-refractivity contribution in [1.29, 1.82) is 0 Å². The standard InChI is InChI=1S/C10H16N2O2/c1-8(2)10-11-5-7-12(10)6-3-4-9(13)14/h5,7-8H,3-4,6H2,1-2H3,(H,13,14). The van der Waals surface area contributed by atoms with E-state index in [1.165, 1.54) is 0 Å². The second-order valence-corrected chi connectivity index (χ2v) is 3.63. The van der Waals surface area contributed by atoms with Crippen molar-refractivity contribution in [1.82, 2.24) is 9.55 Å². The second-order valence-electron chi connectivity index (χ2n) is 3.63. The van der Waals surface area contributed by atoms with E-state index in [1.54, 1.807) is 6.20 Å². The Morgan fingerprint density at radius 3 is 2.93 bits per heavy atom. The molecule has 0 amide bonds. The van der Waals surface area contributed by atoms with Crippen LogP contribution in [0.15, 0.2) is 12.4 Å². The third kappa shape index (κ3) is 2.87. The van der Waals surface area contributed by atoms with Crippen molar-refractivity contribution in [2.75, 3.05) is 0 Å². The van der Waals surface area contributed by atoms with Gasteiger partial charge in [0, 0.05) is 31.3 Å². The van der Waals surface area contributed by atoms with Crippen LogP contribution in [0.3, 0.4) is 0 Å². The van der Waals surface area contributed by atoms with Crippen molar-refractivity contribution >= 4 is 5.97 Å². The molecule has 1 aromatic rings. The summed E-state index contributed by atoms with van der Waals surface area (Å²) in [4.78, 5) is 14.6. The van der Waals surface area contributed by atoms with Crippen LogP contribution >= 0.6 is 0 Å². The van der Waals surface area contributed by atoms with E-state index in [4.69, 9.17) is 5.11 Å². The summed E-state index contributed by atoms with van der Waals surface area (Å²) in [5, 5.41) is 8.50. The first-order valence-electron chi connectivity index (χ1n) is 4.84. The summed E-state index contributed by atoms with van der Waals surface area (Å²) in [7, 11) is 0. The minimum Gasteiger partial charge on any atom is -0.481 e. The number of aromatic nitrogens is 2. The lowest BCUT2D eigenvalue weighted by Gasteiger charge is -2.08. The Labute approximate surface area is 83.6 Å². The molecular weight excluding hydrogens is 180 g/mol. The molecule has 4 nitrogen and oxygen atoms in total. The van der Waals surface area contributed by atoms with Crippen molar-refractivity contribution in [3.63, 3.8) is 0 Å². The van der Waals surface area contributed by atoms with E-state index < -0.39 is 5.97 Å². The van der Waals surface area contributed by atoms with E-state index in [-0.39, 0.29) is 6.42 Å². The molecule has 0 aliphatic heterocycles. The van der Waals surface area contributed by atoms with Crippen LogP contribution in [0, 0.1) is 0 Å². The number of carboxylic acid groups (broad SMARTS) is 1. The molecule has 0 aromatic carbocycles. The summed E-state index contributed by atoms with van der Waals surface area (Å²) in [6.45, 7) is 4.89. The lowest BCUT2D eigenvalue weighted by atomic mass is 10.2. The zero-order valence-corrected chi connectivity index (χ0v) is 8.60. The molecule has 1 N–H and O–H groups in total. The van der Waals surface area contributed by atoms with Gasteiger partial charge in [0.05, 0.1) is 0 Å². The maximum absolute atomic E-state index is 10.3. The summed E-state index contributed by atoms with van der Waals surface area (Å²) >= 11 is 0. The monoisotopic (exact) mass is 196 g/mol. The highest BCUT2D eigenvalue weighted by atomic mass is 16.4. The van der Waals surface area contributed by atoms with Crippen molar-refractivity contribution in [3.05, 3.63) is 18.2 Å². The number of imidazole rings is 1. The Bertz CT molecular complexity index is 305. The minimum atomic E-state index is -0.740. The van der Waals surface area contributed by atoms with Crippen LogP contribution < -0.4 is 0 Å². The van der Waals surface area contributed by atoms with Crippen LogP contribution in [0.4, 0.5) is 0 Å². The first-order valence-corrected chi connectivity index (χ1v) is 4.84. The van der Waals surface area contributed by atoms with Crippen LogP contribution in [-0.4, -0.2) is 20.6 Å². The van der Waals surface area contributed by atoms with Gasteiger partial charge in [0.1, 0.15) is 5.82 Å². The Morgan fingerprint density at radius 1 is 1.64 bits per heavy atom. The van der Waals surface area contributed by atoms with E-state index >= 15 is 0 Å². The maximum Gasteiger partial charge on any atom is 0.303 e. The molecule has 14 heavy (non-hydrogen) atoms. The number of rotatable bonds is 5. The van der Waals surface area contributed by atoms with Gasteiger partial charge in [-0.25, -0.2) is 4.98 Å². The van der Waals surface area contributed by atoms with Crippen LogP contribution in [-0.2, 0) is 11.3 Å². The molecule has 1 heterocycles. The van der Waals surface area contributed by atoms with Gasteiger partial charge in [0.2, 0.25) is 0 Å². The molecule has 0 aliphatic carbocycles. The molecule has 0 aliphatic rings. The smallest absolute Gasteiger partial charge is 0.303 e. The van der Waals surface area contributed by atoms with Gasteiger partial charge >= 0.3 is 5.97 Å². The van der Waals surface area contributed by atoms with Gasteiger partial charge in [-0.05, 0) is 6.42 Å². The third-order valence-electron chi connectivity index (χ3n) is 2.05. The quantitative estimate of drug-likeness (QED) is 0.782. The van der Waals surface area contributed by atoms with E-state index in [2.05, 4.69) is 18.8 Å². The van der Waals surface area contributed by atoms with Crippen molar-refractivity contribution in [2.45, 2.75) is 39.2 Å². The number of hydrogen-bond acceptors (Lipinski definition) is 2. The van der Waals surface area contributed by atoms with Crippen LogP contribution in [0.1, 0.15) is 38.4 Å². The van der Waals surface area contributed by atoms with Crippen molar-refractivity contribution < 1.29 is 9.90 Å². The predicted molar refractivity (Wildman–Crippen MR) is 53.2 cm³/mol. The van der Waals surface area contributed by atoms with Gasteiger partial charge in [0.15, 0.2) is 0 Å². The second kappa shape index (κ2) is 4.79. The Morgan fingerprint density at radius 2 is 2.36 bits per heavy atom. The van der Waals surface area contributed by atoms with Crippen LogP contribution in [0.2, 0.25) is 0 Å². The molecule has 0 saturated heterocycles. The zero-order valence-electron chi connectivity index (χ0n) is 8.60. The fraction of sp³-hybridized carbons (Fsp3) is 0.600. The molecule has 1 aromatic heterocycles. The highest BCUT2D eigenvalue weighted by molar-refractivity contribution is 5.66. The van der Waals surface area contributed by atoms with Crippen LogP contribution in [0.25, 0.3) is 0 Å². The maximum atomic E-state index is 10.3. The number of nitrogens with zero attached hydrogens (tertiary/aromatic N) is 2. The first kappa shape index (κ1) is 10.8. The van der Waals surface area contributed by atoms with Gasteiger partial charge in [-0.2, -0.15) is 0 Å². The van der Waals surface area contributed by atoms with E-state index in [0.29, 0.717) is 12.3 Å². The van der Waals surface area contributed by atoms with E-state index in [0.717, 1.165) is 12.4 Å². The van der Waals surface area contributed by atoms with Crippen molar-refractivity contribution in [3.8, 4) is 0 Å². The van der Waals surface area contributed by atoms with Crippen LogP contribution in [0.5, 0.6) is 0 Å². The molecule has 0 bridgehead atoms. The third-order valence-corrected chi connectivity index (χ3v) is 2.05. The average Bonchev–Trinajstić information content (AvgIpc) is 2.51. The molecular formula is C10H16N2O2. The molecule has 1 rings (SSSR count). The topological polar surface area (TPSA) is 55.1 Å². The molecule has 0 unspecified atom stereocenters. The summed E-state index contributed by atoms with van der Waals surface area (Å²) in [6.07, 6.45) is 4.54. The number of hydrogen-bond donors (Lipinski definition) is 1. The fourth-order valence-corrected chi connectivity index (χ4v) is 1.41. The van der Waals surface area contributed by atoms with Gasteiger partial charge in [-0.15, -0.1) is 0 Å². The number of carboxylic acids is 1. The minimum absolute atomic E-state index is 0.218. The lowest BCUT2D eigenvalue weighted by molar-refractivity contribution is -0.137. The molecule has 0 atom stereocenters. The highest BCUT2D eigenvalue weighted by Gasteiger charge is 2.06. The van der Waals surface area contributed by atoms with Gasteiger partial charge in [-0.1, -0.05) is 13.8 Å². The number of carbonyl (C=O) groups is 1. The zero-order chi connectivity index (χ0) is 10.6. The Balaban J connectivity index is 2.50. The Hall–Kier alpha value is -1.32. The fourth-order valence-electron chi connectivity index (χ4n) is 1.41. The lowest BCUT2D eigenvalue weighted by Crippen LogP contribution is -2.06. The summed E-state index contributed by atoms with van der Waals surface area (Å²) in [6, 6.07) is 0. The SMILES string of the molecule is CC(C)c1nccn1CCCC(=O)O. The predicted octanol–water partition coefficient (Wildman–Crippen LogP) is 1.87. The highest BCUT2D eigenvalue weighted by Crippen LogP contribution is 2.12. The normalized spacial score (nSPS) is 10.8. The molecule has 78 valence electrons. The van der Waals surface area contributed by atoms with Crippen molar-refractivity contribution in [2.24, 2.45) is 0 Å².